The highest BCUT2D eigenvalue weighted by Gasteiger charge is 1.94. The second kappa shape index (κ2) is 12.0. The third-order valence-corrected chi connectivity index (χ3v) is 2.32. The van der Waals surface area contributed by atoms with Crippen LogP contribution >= 0.6 is 0 Å². The van der Waals surface area contributed by atoms with Crippen LogP contribution in [0.2, 0.25) is 0 Å². The first-order chi connectivity index (χ1) is 7.81. The Morgan fingerprint density at radius 2 is 1.75 bits per heavy atom. The molecule has 2 nitrogen and oxygen atoms in total. The smallest absolute Gasteiger partial charge is 0.305 e. The van der Waals surface area contributed by atoms with Gasteiger partial charge in [-0.25, -0.2) is 0 Å². The van der Waals surface area contributed by atoms with Crippen molar-refractivity contribution in [3.05, 3.63) is 24.3 Å². The van der Waals surface area contributed by atoms with E-state index in [0.29, 0.717) is 6.42 Å². The van der Waals surface area contributed by atoms with Crippen molar-refractivity contribution in [1.29, 1.82) is 0 Å². The van der Waals surface area contributed by atoms with Gasteiger partial charge in [-0.1, -0.05) is 44.1 Å². The third kappa shape index (κ3) is 11.0. The van der Waals surface area contributed by atoms with Crippen LogP contribution in [0.4, 0.5) is 0 Å². The largest absolute Gasteiger partial charge is 0.469 e. The number of unbranched alkanes of at least 4 members (excludes halogenated alkanes) is 3. The second-order valence-electron chi connectivity index (χ2n) is 3.79. The molecule has 0 aliphatic heterocycles. The molecule has 0 atom stereocenters. The molecule has 0 bridgehead atoms. The molecule has 0 spiro atoms. The number of hydrogen-bond acceptors (Lipinski definition) is 2. The van der Waals surface area contributed by atoms with Gasteiger partial charge in [0.05, 0.1) is 7.11 Å². The van der Waals surface area contributed by atoms with Gasteiger partial charge in [-0.2, -0.15) is 0 Å². The lowest BCUT2D eigenvalue weighted by atomic mass is 10.2. The molecular weight excluding hydrogens is 200 g/mol. The Labute approximate surface area is 99.4 Å². The number of methoxy groups -OCH3 is 1. The highest BCUT2D eigenvalue weighted by atomic mass is 16.5. The molecule has 0 heterocycles. The van der Waals surface area contributed by atoms with Crippen molar-refractivity contribution < 1.29 is 9.53 Å². The number of carbonyl (C=O) groups excluding carboxylic acids is 1. The lowest BCUT2D eigenvalue weighted by Crippen LogP contribution is -1.97. The SMILES string of the molecule is CCCCC/C=C\C/C=C/CCC(=O)OC. The highest BCUT2D eigenvalue weighted by molar-refractivity contribution is 5.69. The Morgan fingerprint density at radius 3 is 2.38 bits per heavy atom. The van der Waals surface area contributed by atoms with E-state index in [0.717, 1.165) is 12.8 Å². The van der Waals surface area contributed by atoms with Gasteiger partial charge in [-0.05, 0) is 25.7 Å². The molecule has 0 aromatic carbocycles. The predicted octanol–water partition coefficient (Wildman–Crippen LogP) is 4.02. The fourth-order valence-electron chi connectivity index (χ4n) is 1.32. The number of carbonyl (C=O) groups is 1. The zero-order valence-corrected chi connectivity index (χ0v) is 10.6. The quantitative estimate of drug-likeness (QED) is 0.336. The predicted molar refractivity (Wildman–Crippen MR) is 68.3 cm³/mol. The molecular formula is C14H24O2. The summed E-state index contributed by atoms with van der Waals surface area (Å²) in [6.07, 6.45) is 15.8. The summed E-state index contributed by atoms with van der Waals surface area (Å²) in [6.45, 7) is 2.22. The van der Waals surface area contributed by atoms with E-state index in [1.54, 1.807) is 0 Å². The fraction of sp³-hybridized carbons (Fsp3) is 0.643. The topological polar surface area (TPSA) is 26.3 Å². The van der Waals surface area contributed by atoms with Crippen LogP contribution in [-0.2, 0) is 9.53 Å². The lowest BCUT2D eigenvalue weighted by Gasteiger charge is -1.93. The van der Waals surface area contributed by atoms with E-state index >= 15 is 0 Å². The van der Waals surface area contributed by atoms with Crippen molar-refractivity contribution in [2.24, 2.45) is 0 Å². The maximum atomic E-state index is 10.8. The van der Waals surface area contributed by atoms with Crippen LogP contribution in [0.5, 0.6) is 0 Å². The zero-order chi connectivity index (χ0) is 12.1. The summed E-state index contributed by atoms with van der Waals surface area (Å²) in [5.74, 6) is -0.139. The average Bonchev–Trinajstić information content (AvgIpc) is 2.31. The Kier molecular flexibility index (Phi) is 11.2. The van der Waals surface area contributed by atoms with Crippen molar-refractivity contribution in [2.45, 2.75) is 51.9 Å². The van der Waals surface area contributed by atoms with Crippen LogP contribution in [0.1, 0.15) is 51.9 Å². The fourth-order valence-corrected chi connectivity index (χ4v) is 1.32. The summed E-state index contributed by atoms with van der Waals surface area (Å²) < 4.78 is 4.55. The number of ether oxygens (including phenoxy) is 1. The normalized spacial score (nSPS) is 11.4. The van der Waals surface area contributed by atoms with Gasteiger partial charge in [0, 0.05) is 6.42 Å². The Balaban J connectivity index is 3.29. The van der Waals surface area contributed by atoms with Crippen LogP contribution in [0.15, 0.2) is 24.3 Å². The first-order valence-corrected chi connectivity index (χ1v) is 6.18. The van der Waals surface area contributed by atoms with Gasteiger partial charge in [-0.15, -0.1) is 0 Å². The van der Waals surface area contributed by atoms with E-state index < -0.39 is 0 Å². The average molecular weight is 224 g/mol. The number of hydrogen-bond donors (Lipinski definition) is 0. The maximum absolute atomic E-state index is 10.8. The van der Waals surface area contributed by atoms with E-state index in [9.17, 15) is 4.79 Å². The summed E-state index contributed by atoms with van der Waals surface area (Å²) in [4.78, 5) is 10.8. The molecule has 0 fully saturated rings. The van der Waals surface area contributed by atoms with Crippen LogP contribution in [0, 0.1) is 0 Å². The van der Waals surface area contributed by atoms with Crippen molar-refractivity contribution in [1.82, 2.24) is 0 Å². The summed E-state index contributed by atoms with van der Waals surface area (Å²) in [5, 5.41) is 0. The minimum Gasteiger partial charge on any atom is -0.469 e. The molecule has 0 aromatic rings. The highest BCUT2D eigenvalue weighted by Crippen LogP contribution is 2.01. The van der Waals surface area contributed by atoms with E-state index in [2.05, 4.69) is 29.9 Å². The zero-order valence-electron chi connectivity index (χ0n) is 10.6. The number of esters is 1. The van der Waals surface area contributed by atoms with E-state index in [1.807, 2.05) is 6.08 Å². The van der Waals surface area contributed by atoms with Gasteiger partial charge in [0.2, 0.25) is 0 Å². The number of rotatable bonds is 9. The summed E-state index contributed by atoms with van der Waals surface area (Å²) in [5.41, 5.74) is 0. The van der Waals surface area contributed by atoms with E-state index in [-0.39, 0.29) is 5.97 Å². The summed E-state index contributed by atoms with van der Waals surface area (Å²) in [7, 11) is 1.42. The van der Waals surface area contributed by atoms with E-state index in [4.69, 9.17) is 0 Å². The molecule has 0 saturated carbocycles. The molecule has 0 amide bonds. The van der Waals surface area contributed by atoms with Crippen molar-refractivity contribution in [2.75, 3.05) is 7.11 Å². The lowest BCUT2D eigenvalue weighted by molar-refractivity contribution is -0.140. The molecule has 0 aliphatic rings. The Hall–Kier alpha value is -1.05. The Morgan fingerprint density at radius 1 is 1.06 bits per heavy atom. The monoisotopic (exact) mass is 224 g/mol. The van der Waals surface area contributed by atoms with Gasteiger partial charge in [0.25, 0.3) is 0 Å². The van der Waals surface area contributed by atoms with Gasteiger partial charge < -0.3 is 4.74 Å². The molecule has 0 N–H and O–H groups in total. The minimum atomic E-state index is -0.139. The molecule has 0 rings (SSSR count). The van der Waals surface area contributed by atoms with Gasteiger partial charge in [-0.3, -0.25) is 4.79 Å². The summed E-state index contributed by atoms with van der Waals surface area (Å²) >= 11 is 0. The molecule has 92 valence electrons. The first-order valence-electron chi connectivity index (χ1n) is 6.18. The Bertz CT molecular complexity index is 217. The van der Waals surface area contributed by atoms with Gasteiger partial charge >= 0.3 is 5.97 Å². The molecule has 0 aliphatic carbocycles. The molecule has 0 radical (unpaired) electrons. The maximum Gasteiger partial charge on any atom is 0.305 e. The third-order valence-electron chi connectivity index (χ3n) is 2.32. The first kappa shape index (κ1) is 14.9. The van der Waals surface area contributed by atoms with Crippen LogP contribution in [0.25, 0.3) is 0 Å². The minimum absolute atomic E-state index is 0.139. The standard InChI is InChI=1S/C14H24O2/c1-3-4-5-6-7-8-9-10-11-12-13-14(15)16-2/h7-8,10-11H,3-6,9,12-13H2,1-2H3/b8-7-,11-10+. The van der Waals surface area contributed by atoms with Crippen LogP contribution < -0.4 is 0 Å². The molecule has 2 heteroatoms. The molecule has 0 unspecified atom stereocenters. The molecule has 0 saturated heterocycles. The molecule has 16 heavy (non-hydrogen) atoms. The summed E-state index contributed by atoms with van der Waals surface area (Å²) in [6, 6.07) is 0. The van der Waals surface area contributed by atoms with Crippen molar-refractivity contribution in [3.63, 3.8) is 0 Å². The van der Waals surface area contributed by atoms with Crippen molar-refractivity contribution >= 4 is 5.97 Å². The molecule has 0 aromatic heterocycles. The van der Waals surface area contributed by atoms with Gasteiger partial charge in [0.1, 0.15) is 0 Å². The van der Waals surface area contributed by atoms with Crippen LogP contribution in [0.3, 0.4) is 0 Å². The second-order valence-corrected chi connectivity index (χ2v) is 3.79. The van der Waals surface area contributed by atoms with Crippen molar-refractivity contribution in [3.8, 4) is 0 Å². The van der Waals surface area contributed by atoms with E-state index in [1.165, 1.54) is 32.8 Å². The van der Waals surface area contributed by atoms with Gasteiger partial charge in [0.15, 0.2) is 0 Å². The van der Waals surface area contributed by atoms with Crippen LogP contribution in [-0.4, -0.2) is 13.1 Å². The number of allylic oxidation sites excluding steroid dienone is 4.